The van der Waals surface area contributed by atoms with Crippen LogP contribution in [-0.4, -0.2) is 37.6 Å². The van der Waals surface area contributed by atoms with Gasteiger partial charge in [-0.25, -0.2) is 0 Å². The maximum Gasteiger partial charge on any atom is 0.257 e. The van der Waals surface area contributed by atoms with Gasteiger partial charge in [-0.1, -0.05) is 41.9 Å². The molecule has 2 aromatic rings. The first-order valence-electron chi connectivity index (χ1n) is 7.48. The number of benzene rings is 2. The highest BCUT2D eigenvalue weighted by molar-refractivity contribution is 6.31. The Morgan fingerprint density at radius 1 is 1.26 bits per heavy atom. The molecule has 120 valence electrons. The second-order valence-corrected chi connectivity index (χ2v) is 5.80. The summed E-state index contributed by atoms with van der Waals surface area (Å²) in [5.41, 5.74) is 1.55. The van der Waals surface area contributed by atoms with E-state index in [1.165, 1.54) is 0 Å². The average molecular weight is 332 g/mol. The van der Waals surface area contributed by atoms with Crippen molar-refractivity contribution in [1.82, 2.24) is 4.90 Å². The van der Waals surface area contributed by atoms with Gasteiger partial charge in [0, 0.05) is 11.6 Å². The number of ether oxygens (including phenoxy) is 2. The van der Waals surface area contributed by atoms with Gasteiger partial charge in [0.05, 0.1) is 25.8 Å². The van der Waals surface area contributed by atoms with Gasteiger partial charge in [-0.15, -0.1) is 0 Å². The van der Waals surface area contributed by atoms with Crippen LogP contribution in [0.3, 0.4) is 0 Å². The van der Waals surface area contributed by atoms with Gasteiger partial charge in [0.25, 0.3) is 5.91 Å². The third kappa shape index (κ3) is 3.49. The van der Waals surface area contributed by atoms with Crippen LogP contribution in [0.5, 0.6) is 5.75 Å². The van der Waals surface area contributed by atoms with Gasteiger partial charge in [0.15, 0.2) is 0 Å². The molecule has 5 heteroatoms. The number of amides is 1. The zero-order valence-electron chi connectivity index (χ0n) is 12.9. The minimum Gasteiger partial charge on any atom is -0.496 e. The molecule has 0 spiro atoms. The van der Waals surface area contributed by atoms with Gasteiger partial charge >= 0.3 is 0 Å². The summed E-state index contributed by atoms with van der Waals surface area (Å²) >= 11 is 6.03. The van der Waals surface area contributed by atoms with Crippen LogP contribution in [0.4, 0.5) is 0 Å². The van der Waals surface area contributed by atoms with Crippen molar-refractivity contribution >= 4 is 17.5 Å². The van der Waals surface area contributed by atoms with Crippen molar-refractivity contribution in [1.29, 1.82) is 0 Å². The predicted molar refractivity (Wildman–Crippen MR) is 89.0 cm³/mol. The van der Waals surface area contributed by atoms with Crippen LogP contribution < -0.4 is 4.74 Å². The van der Waals surface area contributed by atoms with E-state index in [1.54, 1.807) is 30.2 Å². The minimum atomic E-state index is -0.112. The Morgan fingerprint density at radius 3 is 2.78 bits per heavy atom. The summed E-state index contributed by atoms with van der Waals surface area (Å²) in [7, 11) is 1.55. The third-order valence-corrected chi connectivity index (χ3v) is 4.15. The number of morpholine rings is 1. The number of hydrogen-bond acceptors (Lipinski definition) is 3. The van der Waals surface area contributed by atoms with Gasteiger partial charge in [-0.2, -0.15) is 0 Å². The van der Waals surface area contributed by atoms with E-state index < -0.39 is 0 Å². The second kappa shape index (κ2) is 7.02. The molecule has 1 fully saturated rings. The predicted octanol–water partition coefficient (Wildman–Crippen LogP) is 3.56. The van der Waals surface area contributed by atoms with E-state index in [0.717, 1.165) is 5.56 Å². The minimum absolute atomic E-state index is 0.0893. The molecule has 3 rings (SSSR count). The Labute approximate surface area is 140 Å². The van der Waals surface area contributed by atoms with Crippen molar-refractivity contribution in [3.63, 3.8) is 0 Å². The normalized spacial score (nSPS) is 17.8. The summed E-state index contributed by atoms with van der Waals surface area (Å²) in [5.74, 6) is 0.440. The van der Waals surface area contributed by atoms with Gasteiger partial charge in [-0.3, -0.25) is 4.79 Å². The SMILES string of the molecule is COc1ccc(Cl)cc1C(=O)N1CCO[C@H](c2ccccc2)C1. The molecule has 1 saturated heterocycles. The summed E-state index contributed by atoms with van der Waals surface area (Å²) in [6, 6.07) is 15.0. The lowest BCUT2D eigenvalue weighted by Crippen LogP contribution is -2.42. The fraction of sp³-hybridized carbons (Fsp3) is 0.278. The monoisotopic (exact) mass is 331 g/mol. The maximum atomic E-state index is 12.8. The molecule has 0 radical (unpaired) electrons. The van der Waals surface area contributed by atoms with Crippen molar-refractivity contribution in [3.8, 4) is 5.75 Å². The van der Waals surface area contributed by atoms with E-state index in [-0.39, 0.29) is 12.0 Å². The Hall–Kier alpha value is -2.04. The maximum absolute atomic E-state index is 12.8. The molecule has 0 unspecified atom stereocenters. The summed E-state index contributed by atoms with van der Waals surface area (Å²) in [6.45, 7) is 1.57. The molecule has 2 aromatic carbocycles. The molecule has 1 amide bonds. The molecular weight excluding hydrogens is 314 g/mol. The summed E-state index contributed by atoms with van der Waals surface area (Å²) < 4.78 is 11.1. The molecule has 0 N–H and O–H groups in total. The topological polar surface area (TPSA) is 38.8 Å². The first-order valence-corrected chi connectivity index (χ1v) is 7.86. The van der Waals surface area contributed by atoms with Crippen molar-refractivity contribution in [2.75, 3.05) is 26.8 Å². The number of rotatable bonds is 3. The highest BCUT2D eigenvalue weighted by Gasteiger charge is 2.27. The zero-order valence-corrected chi connectivity index (χ0v) is 13.6. The number of methoxy groups -OCH3 is 1. The van der Waals surface area contributed by atoms with Gasteiger partial charge in [0.2, 0.25) is 0 Å². The molecule has 1 heterocycles. The lowest BCUT2D eigenvalue weighted by molar-refractivity contribution is -0.0229. The zero-order chi connectivity index (χ0) is 16.2. The summed E-state index contributed by atoms with van der Waals surface area (Å²) in [4.78, 5) is 14.6. The fourth-order valence-electron chi connectivity index (χ4n) is 2.72. The molecule has 0 aromatic heterocycles. The Morgan fingerprint density at radius 2 is 2.04 bits per heavy atom. The number of hydrogen-bond donors (Lipinski definition) is 0. The fourth-order valence-corrected chi connectivity index (χ4v) is 2.89. The van der Waals surface area contributed by atoms with E-state index in [1.807, 2.05) is 30.3 Å². The van der Waals surface area contributed by atoms with Gasteiger partial charge in [0.1, 0.15) is 11.9 Å². The van der Waals surface area contributed by atoms with Crippen LogP contribution in [0, 0.1) is 0 Å². The average Bonchev–Trinajstić information content (AvgIpc) is 2.62. The first kappa shape index (κ1) is 15.8. The van der Waals surface area contributed by atoms with Crippen molar-refractivity contribution in [3.05, 3.63) is 64.7 Å². The van der Waals surface area contributed by atoms with Crippen molar-refractivity contribution in [2.24, 2.45) is 0 Å². The molecule has 0 saturated carbocycles. The highest BCUT2D eigenvalue weighted by atomic mass is 35.5. The van der Waals surface area contributed by atoms with Crippen LogP contribution in [0.25, 0.3) is 0 Å². The molecule has 4 nitrogen and oxygen atoms in total. The smallest absolute Gasteiger partial charge is 0.257 e. The number of carbonyl (C=O) groups excluding carboxylic acids is 1. The van der Waals surface area contributed by atoms with Crippen molar-refractivity contribution < 1.29 is 14.3 Å². The number of nitrogens with zero attached hydrogens (tertiary/aromatic N) is 1. The Kier molecular flexibility index (Phi) is 4.84. The standard InChI is InChI=1S/C18H18ClNO3/c1-22-16-8-7-14(19)11-15(16)18(21)20-9-10-23-17(12-20)13-5-3-2-4-6-13/h2-8,11,17H,9-10,12H2,1H3/t17-/m0/s1. The van der Waals surface area contributed by atoms with E-state index in [2.05, 4.69) is 0 Å². The van der Waals surface area contributed by atoms with Gasteiger partial charge < -0.3 is 14.4 Å². The van der Waals surface area contributed by atoms with E-state index in [4.69, 9.17) is 21.1 Å². The van der Waals surface area contributed by atoms with E-state index in [9.17, 15) is 4.79 Å². The summed E-state index contributed by atoms with van der Waals surface area (Å²) in [6.07, 6.45) is -0.112. The van der Waals surface area contributed by atoms with Gasteiger partial charge in [-0.05, 0) is 23.8 Å². The first-order chi connectivity index (χ1) is 11.2. The third-order valence-electron chi connectivity index (χ3n) is 3.92. The number of carbonyl (C=O) groups is 1. The summed E-state index contributed by atoms with van der Waals surface area (Å²) in [5, 5.41) is 0.516. The quantitative estimate of drug-likeness (QED) is 0.863. The molecule has 1 atom stereocenters. The van der Waals surface area contributed by atoms with Crippen molar-refractivity contribution in [2.45, 2.75) is 6.10 Å². The number of halogens is 1. The van der Waals surface area contributed by atoms with Crippen LogP contribution in [0.2, 0.25) is 5.02 Å². The molecule has 1 aliphatic heterocycles. The highest BCUT2D eigenvalue weighted by Crippen LogP contribution is 2.27. The van der Waals surface area contributed by atoms with Crippen LogP contribution >= 0.6 is 11.6 Å². The second-order valence-electron chi connectivity index (χ2n) is 5.37. The molecular formula is C18H18ClNO3. The van der Waals surface area contributed by atoms with Crippen LogP contribution in [0.1, 0.15) is 22.0 Å². The van der Waals surface area contributed by atoms with E-state index in [0.29, 0.717) is 36.0 Å². The van der Waals surface area contributed by atoms with E-state index >= 15 is 0 Å². The largest absolute Gasteiger partial charge is 0.496 e. The Balaban J connectivity index is 1.81. The molecule has 1 aliphatic rings. The van der Waals surface area contributed by atoms with Crippen LogP contribution in [0.15, 0.2) is 48.5 Å². The lowest BCUT2D eigenvalue weighted by atomic mass is 10.1. The molecule has 0 aliphatic carbocycles. The molecule has 23 heavy (non-hydrogen) atoms. The lowest BCUT2D eigenvalue weighted by Gasteiger charge is -2.33. The Bertz CT molecular complexity index is 690. The molecule has 0 bridgehead atoms. The van der Waals surface area contributed by atoms with Crippen LogP contribution in [-0.2, 0) is 4.74 Å².